The van der Waals surface area contributed by atoms with Gasteiger partial charge in [0.1, 0.15) is 0 Å². The number of amides is 1. The summed E-state index contributed by atoms with van der Waals surface area (Å²) >= 11 is 0. The molecular weight excluding hydrogens is 222 g/mol. The zero-order valence-electron chi connectivity index (χ0n) is 11.2. The number of rotatable bonds is 8. The summed E-state index contributed by atoms with van der Waals surface area (Å²) in [5.41, 5.74) is 0. The van der Waals surface area contributed by atoms with Gasteiger partial charge in [0.2, 0.25) is 5.91 Å². The molecule has 0 rings (SSSR count). The molecule has 0 saturated carbocycles. The molecule has 0 aliphatic heterocycles. The number of hydrogen-bond donors (Lipinski definition) is 0. The minimum Gasteiger partial charge on any atom is -0.469 e. The lowest BCUT2D eigenvalue weighted by Crippen LogP contribution is -2.39. The molecule has 5 heteroatoms. The van der Waals surface area contributed by atoms with Crippen molar-refractivity contribution in [2.45, 2.75) is 26.7 Å². The van der Waals surface area contributed by atoms with Crippen molar-refractivity contribution in [2.24, 2.45) is 5.92 Å². The molecule has 5 nitrogen and oxygen atoms in total. The Bertz CT molecular complexity index is 243. The molecule has 1 unspecified atom stereocenters. The van der Waals surface area contributed by atoms with Crippen molar-refractivity contribution in [3.63, 3.8) is 0 Å². The first kappa shape index (κ1) is 15.9. The number of hydrogen-bond acceptors (Lipinski definition) is 4. The van der Waals surface area contributed by atoms with Crippen LogP contribution in [0.15, 0.2) is 0 Å². The Morgan fingerprint density at radius 1 is 1.29 bits per heavy atom. The lowest BCUT2D eigenvalue weighted by atomic mass is 10.1. The molecule has 0 radical (unpaired) electrons. The minimum atomic E-state index is -0.308. The van der Waals surface area contributed by atoms with Crippen LogP contribution < -0.4 is 0 Å². The molecule has 0 aliphatic rings. The van der Waals surface area contributed by atoms with E-state index in [1.165, 1.54) is 7.11 Å². The third kappa shape index (κ3) is 6.26. The first-order valence-electron chi connectivity index (χ1n) is 5.91. The van der Waals surface area contributed by atoms with Crippen molar-refractivity contribution in [3.8, 4) is 0 Å². The lowest BCUT2D eigenvalue weighted by Gasteiger charge is -2.24. The Morgan fingerprint density at radius 3 is 2.41 bits per heavy atom. The van der Waals surface area contributed by atoms with Gasteiger partial charge >= 0.3 is 5.97 Å². The van der Waals surface area contributed by atoms with Crippen LogP contribution in [0.4, 0.5) is 0 Å². The average Bonchev–Trinajstić information content (AvgIpc) is 2.33. The number of ether oxygens (including phenoxy) is 2. The highest BCUT2D eigenvalue weighted by molar-refractivity contribution is 5.77. The molecule has 100 valence electrons. The van der Waals surface area contributed by atoms with Gasteiger partial charge in [-0.25, -0.2) is 0 Å². The van der Waals surface area contributed by atoms with Crippen molar-refractivity contribution in [3.05, 3.63) is 0 Å². The van der Waals surface area contributed by atoms with Gasteiger partial charge in [-0.1, -0.05) is 13.8 Å². The SMILES string of the molecule is CCCC(=O)N(CCOC)CC(C)C(=O)OC. The molecule has 0 spiro atoms. The predicted molar refractivity (Wildman–Crippen MR) is 64.5 cm³/mol. The van der Waals surface area contributed by atoms with Crippen LogP contribution in [0.2, 0.25) is 0 Å². The third-order valence-electron chi connectivity index (χ3n) is 2.48. The van der Waals surface area contributed by atoms with E-state index in [4.69, 9.17) is 4.74 Å². The number of methoxy groups -OCH3 is 2. The summed E-state index contributed by atoms with van der Waals surface area (Å²) < 4.78 is 9.61. The Kier molecular flexibility index (Phi) is 8.40. The summed E-state index contributed by atoms with van der Waals surface area (Å²) in [5.74, 6) is -0.547. The zero-order chi connectivity index (χ0) is 13.3. The van der Waals surface area contributed by atoms with E-state index in [0.29, 0.717) is 26.1 Å². The van der Waals surface area contributed by atoms with E-state index in [9.17, 15) is 9.59 Å². The van der Waals surface area contributed by atoms with Crippen molar-refractivity contribution < 1.29 is 19.1 Å². The van der Waals surface area contributed by atoms with Gasteiger partial charge in [-0.2, -0.15) is 0 Å². The maximum atomic E-state index is 11.8. The van der Waals surface area contributed by atoms with E-state index in [-0.39, 0.29) is 17.8 Å². The highest BCUT2D eigenvalue weighted by Crippen LogP contribution is 2.05. The van der Waals surface area contributed by atoms with Crippen LogP contribution in [0.25, 0.3) is 0 Å². The third-order valence-corrected chi connectivity index (χ3v) is 2.48. The van der Waals surface area contributed by atoms with Gasteiger partial charge in [-0.3, -0.25) is 9.59 Å². The number of esters is 1. The fourth-order valence-electron chi connectivity index (χ4n) is 1.50. The molecule has 0 N–H and O–H groups in total. The van der Waals surface area contributed by atoms with Crippen LogP contribution in [0.1, 0.15) is 26.7 Å². The van der Waals surface area contributed by atoms with E-state index in [0.717, 1.165) is 6.42 Å². The Balaban J connectivity index is 4.36. The summed E-state index contributed by atoms with van der Waals surface area (Å²) in [6, 6.07) is 0. The highest BCUT2D eigenvalue weighted by Gasteiger charge is 2.20. The second-order valence-electron chi connectivity index (χ2n) is 4.01. The first-order valence-corrected chi connectivity index (χ1v) is 5.91. The van der Waals surface area contributed by atoms with E-state index in [2.05, 4.69) is 4.74 Å². The second kappa shape index (κ2) is 8.98. The van der Waals surface area contributed by atoms with Crippen LogP contribution >= 0.6 is 0 Å². The summed E-state index contributed by atoms with van der Waals surface area (Å²) in [6.07, 6.45) is 1.30. The van der Waals surface area contributed by atoms with Crippen LogP contribution in [-0.4, -0.2) is 50.7 Å². The maximum Gasteiger partial charge on any atom is 0.310 e. The van der Waals surface area contributed by atoms with Gasteiger partial charge in [0, 0.05) is 26.6 Å². The summed E-state index contributed by atoms with van der Waals surface area (Å²) in [5, 5.41) is 0. The lowest BCUT2D eigenvalue weighted by molar-refractivity contribution is -0.146. The molecule has 0 aromatic rings. The second-order valence-corrected chi connectivity index (χ2v) is 4.01. The number of carbonyl (C=O) groups excluding carboxylic acids is 2. The Labute approximate surface area is 103 Å². The molecule has 0 aliphatic carbocycles. The number of carbonyl (C=O) groups is 2. The number of nitrogens with zero attached hydrogens (tertiary/aromatic N) is 1. The summed E-state index contributed by atoms with van der Waals surface area (Å²) in [4.78, 5) is 24.8. The topological polar surface area (TPSA) is 55.8 Å². The van der Waals surface area contributed by atoms with E-state index in [1.807, 2.05) is 6.92 Å². The smallest absolute Gasteiger partial charge is 0.310 e. The molecule has 17 heavy (non-hydrogen) atoms. The fraction of sp³-hybridized carbons (Fsp3) is 0.833. The van der Waals surface area contributed by atoms with Crippen molar-refractivity contribution >= 4 is 11.9 Å². The molecular formula is C12H23NO4. The van der Waals surface area contributed by atoms with E-state index < -0.39 is 0 Å². The van der Waals surface area contributed by atoms with Gasteiger partial charge in [0.25, 0.3) is 0 Å². The van der Waals surface area contributed by atoms with Crippen molar-refractivity contribution in [1.29, 1.82) is 0 Å². The molecule has 0 saturated heterocycles. The minimum absolute atomic E-state index is 0.0558. The standard InChI is InChI=1S/C12H23NO4/c1-5-6-11(14)13(7-8-16-3)9-10(2)12(15)17-4/h10H,5-9H2,1-4H3. The van der Waals surface area contributed by atoms with Crippen molar-refractivity contribution in [1.82, 2.24) is 4.90 Å². The monoisotopic (exact) mass is 245 g/mol. The van der Waals surface area contributed by atoms with Gasteiger partial charge in [-0.15, -0.1) is 0 Å². The normalized spacial score (nSPS) is 12.0. The Hall–Kier alpha value is -1.10. The van der Waals surface area contributed by atoms with Gasteiger partial charge in [0.05, 0.1) is 19.6 Å². The quantitative estimate of drug-likeness (QED) is 0.600. The van der Waals surface area contributed by atoms with Gasteiger partial charge in [-0.05, 0) is 6.42 Å². The molecule has 0 aromatic heterocycles. The molecule has 0 bridgehead atoms. The molecule has 0 heterocycles. The van der Waals surface area contributed by atoms with Crippen molar-refractivity contribution in [2.75, 3.05) is 33.9 Å². The summed E-state index contributed by atoms with van der Waals surface area (Å²) in [7, 11) is 2.94. The maximum absolute atomic E-state index is 11.8. The van der Waals surface area contributed by atoms with Crippen LogP contribution in [0.5, 0.6) is 0 Å². The van der Waals surface area contributed by atoms with Gasteiger partial charge < -0.3 is 14.4 Å². The van der Waals surface area contributed by atoms with Crippen LogP contribution in [0, 0.1) is 5.92 Å². The molecule has 0 aromatic carbocycles. The van der Waals surface area contributed by atoms with Crippen LogP contribution in [-0.2, 0) is 19.1 Å². The van der Waals surface area contributed by atoms with Crippen LogP contribution in [0.3, 0.4) is 0 Å². The van der Waals surface area contributed by atoms with E-state index >= 15 is 0 Å². The van der Waals surface area contributed by atoms with Gasteiger partial charge in [0.15, 0.2) is 0 Å². The first-order chi connectivity index (χ1) is 8.06. The highest BCUT2D eigenvalue weighted by atomic mass is 16.5. The largest absolute Gasteiger partial charge is 0.469 e. The average molecular weight is 245 g/mol. The zero-order valence-corrected chi connectivity index (χ0v) is 11.2. The fourth-order valence-corrected chi connectivity index (χ4v) is 1.50. The van der Waals surface area contributed by atoms with E-state index in [1.54, 1.807) is 18.9 Å². The molecule has 1 amide bonds. The molecule has 0 fully saturated rings. The molecule has 1 atom stereocenters. The Morgan fingerprint density at radius 2 is 1.94 bits per heavy atom. The summed E-state index contributed by atoms with van der Waals surface area (Å²) in [6.45, 7) is 5.08. The predicted octanol–water partition coefficient (Wildman–Crippen LogP) is 1.07.